The van der Waals surface area contributed by atoms with Crippen molar-refractivity contribution in [3.63, 3.8) is 0 Å². The molecule has 4 aromatic rings. The Balaban J connectivity index is 1.41. The molecule has 9 nitrogen and oxygen atoms in total. The normalized spacial score (nSPS) is 10.9. The van der Waals surface area contributed by atoms with E-state index in [1.165, 1.54) is 16.4 Å². The number of carbonyl (C=O) groups excluding carboxylic acids is 1. The van der Waals surface area contributed by atoms with Gasteiger partial charge >= 0.3 is 0 Å². The molecule has 0 saturated carbocycles. The summed E-state index contributed by atoms with van der Waals surface area (Å²) in [6.07, 6.45) is 3.00. The molecule has 2 aromatic carbocycles. The number of fused-ring (bicyclic) bond motifs is 1. The second-order valence-electron chi connectivity index (χ2n) is 7.79. The highest BCUT2D eigenvalue weighted by molar-refractivity contribution is 5.75. The Hall–Kier alpha value is -4.14. The fraction of sp³-hybridized carbons (Fsp3) is 0.280. The Kier molecular flexibility index (Phi) is 6.91. The minimum atomic E-state index is -0.374. The second kappa shape index (κ2) is 10.2. The summed E-state index contributed by atoms with van der Waals surface area (Å²) in [6, 6.07) is 15.4. The first kappa shape index (κ1) is 23.0. The van der Waals surface area contributed by atoms with E-state index in [-0.39, 0.29) is 18.0 Å². The quantitative estimate of drug-likeness (QED) is 0.411. The molecule has 0 aliphatic carbocycles. The van der Waals surface area contributed by atoms with Gasteiger partial charge in [0.25, 0.3) is 5.56 Å². The van der Waals surface area contributed by atoms with Crippen LogP contribution in [0.4, 0.5) is 0 Å². The monoisotopic (exact) mass is 461 g/mol. The second-order valence-corrected chi connectivity index (χ2v) is 7.79. The van der Waals surface area contributed by atoms with Crippen LogP contribution in [0.3, 0.4) is 0 Å². The van der Waals surface area contributed by atoms with Crippen molar-refractivity contribution in [3.05, 3.63) is 76.3 Å². The first-order valence-corrected chi connectivity index (χ1v) is 11.0. The number of ether oxygens (including phenoxy) is 2. The molecule has 1 amide bonds. The van der Waals surface area contributed by atoms with Crippen molar-refractivity contribution in [2.24, 2.45) is 0 Å². The van der Waals surface area contributed by atoms with Crippen LogP contribution < -0.4 is 20.3 Å². The highest BCUT2D eigenvalue weighted by Gasteiger charge is 2.12. The fourth-order valence-electron chi connectivity index (χ4n) is 3.68. The van der Waals surface area contributed by atoms with Crippen molar-refractivity contribution < 1.29 is 14.3 Å². The van der Waals surface area contributed by atoms with Gasteiger partial charge in [-0.1, -0.05) is 37.3 Å². The maximum Gasteiger partial charge on any atom is 0.293 e. The molecule has 1 N–H and O–H groups in total. The van der Waals surface area contributed by atoms with E-state index >= 15 is 0 Å². The first-order valence-electron chi connectivity index (χ1n) is 11.0. The lowest BCUT2D eigenvalue weighted by molar-refractivity contribution is -0.121. The van der Waals surface area contributed by atoms with Crippen LogP contribution in [0.1, 0.15) is 18.1 Å². The molecular formula is C25H27N5O4. The number of hydrogen-bond donors (Lipinski definition) is 1. The summed E-state index contributed by atoms with van der Waals surface area (Å²) in [6.45, 7) is 2.34. The van der Waals surface area contributed by atoms with Crippen molar-refractivity contribution in [3.8, 4) is 22.8 Å². The molecular weight excluding hydrogens is 434 g/mol. The lowest BCUT2D eigenvalue weighted by Crippen LogP contribution is -2.35. The van der Waals surface area contributed by atoms with Crippen molar-refractivity contribution >= 4 is 11.4 Å². The minimum absolute atomic E-state index is 0.174. The first-order chi connectivity index (χ1) is 16.5. The zero-order valence-corrected chi connectivity index (χ0v) is 19.4. The zero-order chi connectivity index (χ0) is 24.1. The van der Waals surface area contributed by atoms with Gasteiger partial charge in [-0.2, -0.15) is 10.2 Å². The molecule has 4 rings (SSSR count). The average molecular weight is 462 g/mol. The molecule has 0 bridgehead atoms. The topological polar surface area (TPSA) is 99.8 Å². The Morgan fingerprint density at radius 2 is 1.74 bits per heavy atom. The number of carbonyl (C=O) groups is 1. The van der Waals surface area contributed by atoms with Gasteiger partial charge in [-0.3, -0.25) is 9.59 Å². The number of methoxy groups -OCH3 is 2. The van der Waals surface area contributed by atoms with E-state index < -0.39 is 0 Å². The molecule has 0 aliphatic rings. The molecule has 0 spiro atoms. The van der Waals surface area contributed by atoms with E-state index in [1.54, 1.807) is 20.3 Å². The molecule has 2 aromatic heterocycles. The SMILES string of the molecule is CCc1ccc(-c2cc3c(=O)n(CC(=O)NCCc4ccc(OC)c(OC)c4)ncn3n2)cc1. The minimum Gasteiger partial charge on any atom is -0.493 e. The predicted octanol–water partition coefficient (Wildman–Crippen LogP) is 2.50. The predicted molar refractivity (Wildman–Crippen MR) is 128 cm³/mol. The number of benzene rings is 2. The summed E-state index contributed by atoms with van der Waals surface area (Å²) in [5.74, 6) is 0.989. The van der Waals surface area contributed by atoms with Crippen LogP contribution in [-0.2, 0) is 24.2 Å². The third kappa shape index (κ3) is 4.93. The van der Waals surface area contributed by atoms with E-state index in [2.05, 4.69) is 22.4 Å². The molecule has 0 saturated heterocycles. The Morgan fingerprint density at radius 3 is 2.44 bits per heavy atom. The van der Waals surface area contributed by atoms with Crippen molar-refractivity contribution in [2.45, 2.75) is 26.3 Å². The van der Waals surface area contributed by atoms with Gasteiger partial charge in [0.1, 0.15) is 18.4 Å². The maximum absolute atomic E-state index is 12.9. The lowest BCUT2D eigenvalue weighted by Gasteiger charge is -2.10. The molecule has 0 unspecified atom stereocenters. The van der Waals surface area contributed by atoms with Crippen molar-refractivity contribution in [1.29, 1.82) is 0 Å². The van der Waals surface area contributed by atoms with Gasteiger partial charge in [-0.25, -0.2) is 9.20 Å². The average Bonchev–Trinajstić information content (AvgIpc) is 3.31. The number of hydrogen-bond acceptors (Lipinski definition) is 6. The van der Waals surface area contributed by atoms with Crippen molar-refractivity contribution in [2.75, 3.05) is 20.8 Å². The summed E-state index contributed by atoms with van der Waals surface area (Å²) in [4.78, 5) is 25.3. The summed E-state index contributed by atoms with van der Waals surface area (Å²) in [7, 11) is 3.16. The summed E-state index contributed by atoms with van der Waals surface area (Å²) >= 11 is 0. The molecule has 9 heteroatoms. The van der Waals surface area contributed by atoms with Gasteiger partial charge < -0.3 is 14.8 Å². The Bertz CT molecular complexity index is 1360. The van der Waals surface area contributed by atoms with Crippen LogP contribution in [0.25, 0.3) is 16.8 Å². The van der Waals surface area contributed by atoms with Crippen LogP contribution in [0.15, 0.2) is 59.7 Å². The van der Waals surface area contributed by atoms with Crippen LogP contribution in [0, 0.1) is 0 Å². The molecule has 34 heavy (non-hydrogen) atoms. The smallest absolute Gasteiger partial charge is 0.293 e. The summed E-state index contributed by atoms with van der Waals surface area (Å²) in [5, 5.41) is 11.4. The van der Waals surface area contributed by atoms with Gasteiger partial charge in [0, 0.05) is 12.1 Å². The van der Waals surface area contributed by atoms with Gasteiger partial charge in [-0.15, -0.1) is 0 Å². The number of nitrogens with zero attached hydrogens (tertiary/aromatic N) is 4. The lowest BCUT2D eigenvalue weighted by atomic mass is 10.1. The van der Waals surface area contributed by atoms with E-state index in [0.717, 1.165) is 22.2 Å². The van der Waals surface area contributed by atoms with E-state index in [1.807, 2.05) is 42.5 Å². The molecule has 176 valence electrons. The van der Waals surface area contributed by atoms with E-state index in [0.29, 0.717) is 35.7 Å². The van der Waals surface area contributed by atoms with E-state index in [9.17, 15) is 9.59 Å². The molecule has 0 fully saturated rings. The Morgan fingerprint density at radius 1 is 1.00 bits per heavy atom. The molecule has 0 atom stereocenters. The van der Waals surface area contributed by atoms with Gasteiger partial charge in [0.05, 0.1) is 19.9 Å². The van der Waals surface area contributed by atoms with E-state index in [4.69, 9.17) is 9.47 Å². The molecule has 0 radical (unpaired) electrons. The number of aromatic nitrogens is 4. The number of aryl methyl sites for hydroxylation is 1. The Labute approximate surface area is 196 Å². The maximum atomic E-state index is 12.9. The highest BCUT2D eigenvalue weighted by atomic mass is 16.5. The van der Waals surface area contributed by atoms with Gasteiger partial charge in [-0.05, 0) is 42.2 Å². The summed E-state index contributed by atoms with van der Waals surface area (Å²) < 4.78 is 13.1. The van der Waals surface area contributed by atoms with Gasteiger partial charge in [0.15, 0.2) is 11.5 Å². The third-order valence-electron chi connectivity index (χ3n) is 5.62. The molecule has 0 aliphatic heterocycles. The van der Waals surface area contributed by atoms with Crippen LogP contribution in [-0.4, -0.2) is 46.1 Å². The largest absolute Gasteiger partial charge is 0.493 e. The number of nitrogens with one attached hydrogen (secondary N) is 1. The number of amides is 1. The number of rotatable bonds is 9. The van der Waals surface area contributed by atoms with Crippen LogP contribution in [0.5, 0.6) is 11.5 Å². The van der Waals surface area contributed by atoms with Crippen LogP contribution in [0.2, 0.25) is 0 Å². The van der Waals surface area contributed by atoms with Crippen LogP contribution >= 0.6 is 0 Å². The summed E-state index contributed by atoms with van der Waals surface area (Å²) in [5.41, 5.74) is 3.81. The van der Waals surface area contributed by atoms with Crippen molar-refractivity contribution in [1.82, 2.24) is 24.7 Å². The molecule has 2 heterocycles. The van der Waals surface area contributed by atoms with Gasteiger partial charge in [0.2, 0.25) is 5.91 Å². The standard InChI is InChI=1S/C25H27N5O4/c1-4-17-5-8-19(9-6-17)20-14-21-25(32)29(27-16-30(21)28-20)15-24(31)26-12-11-18-7-10-22(33-2)23(13-18)34-3/h5-10,13-14,16H,4,11-12,15H2,1-3H3,(H,26,31). The third-order valence-corrected chi connectivity index (χ3v) is 5.62. The zero-order valence-electron chi connectivity index (χ0n) is 19.4. The highest BCUT2D eigenvalue weighted by Crippen LogP contribution is 2.27. The fourth-order valence-corrected chi connectivity index (χ4v) is 3.68.